The molecule has 88 valence electrons. The third-order valence-corrected chi connectivity index (χ3v) is 9.45. The van der Waals surface area contributed by atoms with E-state index in [1.807, 2.05) is 36.4 Å². The van der Waals surface area contributed by atoms with E-state index in [2.05, 4.69) is 43.7 Å². The van der Waals surface area contributed by atoms with Crippen molar-refractivity contribution in [2.24, 2.45) is 0 Å². The first kappa shape index (κ1) is 13.6. The number of rotatable bonds is 4. The van der Waals surface area contributed by atoms with Crippen molar-refractivity contribution < 1.29 is 0 Å². The Hall–Kier alpha value is -0.868. The zero-order chi connectivity index (χ0) is 12.6. The van der Waals surface area contributed by atoms with E-state index in [0.717, 1.165) is 0 Å². The van der Waals surface area contributed by atoms with E-state index in [9.17, 15) is 0 Å². The van der Waals surface area contributed by atoms with Crippen LogP contribution in [0.5, 0.6) is 0 Å². The third kappa shape index (κ3) is 4.78. The first-order chi connectivity index (χ1) is 8.84. The molecule has 0 aliphatic carbocycles. The molecule has 0 N–H and O–H groups in total. The van der Waals surface area contributed by atoms with Crippen molar-refractivity contribution in [1.82, 2.24) is 0 Å². The van der Waals surface area contributed by atoms with Crippen molar-refractivity contribution >= 4 is 41.9 Å². The van der Waals surface area contributed by atoms with Crippen LogP contribution in [0.4, 0.5) is 0 Å². The van der Waals surface area contributed by atoms with Crippen molar-refractivity contribution in [2.45, 2.75) is 0 Å². The van der Waals surface area contributed by atoms with Crippen LogP contribution >= 0.6 is 8.32 Å². The van der Waals surface area contributed by atoms with Gasteiger partial charge in [0, 0.05) is 0 Å². The van der Waals surface area contributed by atoms with E-state index in [-0.39, 0.29) is 0 Å². The summed E-state index contributed by atoms with van der Waals surface area (Å²) in [7, 11) is 6.43. The van der Waals surface area contributed by atoms with Gasteiger partial charge in [-0.15, -0.1) is 0 Å². The summed E-state index contributed by atoms with van der Waals surface area (Å²) in [6.07, 6.45) is 4.27. The predicted octanol–water partition coefficient (Wildman–Crippen LogP) is 4.72. The molecule has 0 heterocycles. The Labute approximate surface area is 120 Å². The van der Waals surface area contributed by atoms with Gasteiger partial charge in [0.05, 0.1) is 0 Å². The fourth-order valence-electron chi connectivity index (χ4n) is 1.60. The summed E-state index contributed by atoms with van der Waals surface area (Å²) in [5, 5.41) is 0. The molecule has 2 rings (SSSR count). The molecule has 0 atom stereocenters. The molecular weight excluding hydrogens is 432 g/mol. The monoisotopic (exact) mass is 446 g/mol. The summed E-state index contributed by atoms with van der Waals surface area (Å²) in [6.45, 7) is 0. The van der Waals surface area contributed by atoms with Gasteiger partial charge in [-0.3, -0.25) is 0 Å². The predicted molar refractivity (Wildman–Crippen MR) is 82.6 cm³/mol. The van der Waals surface area contributed by atoms with Gasteiger partial charge < -0.3 is 0 Å². The molecule has 2 aromatic carbocycles. The van der Waals surface area contributed by atoms with Gasteiger partial charge in [-0.05, 0) is 0 Å². The third-order valence-electron chi connectivity index (χ3n) is 2.54. The number of benzene rings is 2. The summed E-state index contributed by atoms with van der Waals surface area (Å²) < 4.78 is 4.41. The molecule has 18 heavy (non-hydrogen) atoms. The molecule has 0 saturated carbocycles. The fraction of sp³-hybridized carbons (Fsp3) is 0. The van der Waals surface area contributed by atoms with Crippen LogP contribution in [0.25, 0.3) is 12.2 Å². The van der Waals surface area contributed by atoms with E-state index in [1.165, 1.54) is 11.1 Å². The van der Waals surface area contributed by atoms with Crippen molar-refractivity contribution in [3.63, 3.8) is 0 Å². The SMILES string of the molecule is [Cl][Tl]([CH]=Cc1ccccc1)[CH]=Cc1ccccc1. The average Bonchev–Trinajstić information content (AvgIpc) is 2.45. The summed E-state index contributed by atoms with van der Waals surface area (Å²) in [6, 6.07) is 20.6. The molecule has 0 nitrogen and oxygen atoms in total. The molecule has 2 aromatic rings. The van der Waals surface area contributed by atoms with Gasteiger partial charge in [0.2, 0.25) is 0 Å². The van der Waals surface area contributed by atoms with Crippen molar-refractivity contribution in [3.8, 4) is 0 Å². The summed E-state index contributed by atoms with van der Waals surface area (Å²) in [5.41, 5.74) is 2.44. The first-order valence-corrected chi connectivity index (χ1v) is 16.7. The second kappa shape index (κ2) is 7.54. The van der Waals surface area contributed by atoms with Crippen LogP contribution in [-0.4, -0.2) is 21.5 Å². The van der Waals surface area contributed by atoms with Crippen LogP contribution in [0.3, 0.4) is 0 Å². The Balaban J connectivity index is 1.95. The summed E-state index contributed by atoms with van der Waals surface area (Å²) in [5.74, 6) is 0. The van der Waals surface area contributed by atoms with Crippen LogP contribution in [-0.2, 0) is 0 Å². The molecule has 0 unspecified atom stereocenters. The number of halogens is 1. The van der Waals surface area contributed by atoms with Gasteiger partial charge in [0.1, 0.15) is 0 Å². The van der Waals surface area contributed by atoms with Crippen molar-refractivity contribution in [2.75, 3.05) is 0 Å². The molecule has 0 bridgehead atoms. The minimum atomic E-state index is -2.23. The molecule has 0 radical (unpaired) electrons. The van der Waals surface area contributed by atoms with E-state index >= 15 is 0 Å². The van der Waals surface area contributed by atoms with Crippen LogP contribution in [0.2, 0.25) is 0 Å². The average molecular weight is 446 g/mol. The van der Waals surface area contributed by atoms with E-state index in [0.29, 0.717) is 0 Å². The van der Waals surface area contributed by atoms with E-state index in [1.54, 1.807) is 0 Å². The minimum absolute atomic E-state index is 1.22. The molecule has 0 aliphatic heterocycles. The van der Waals surface area contributed by atoms with Gasteiger partial charge in [0.15, 0.2) is 0 Å². The standard InChI is InChI=1S/2C8H7.ClH.Tl/c2*1-2-8-6-4-3-5-7-8;;/h2*1-7H;1H;/q;;;+1/p-1. The molecule has 0 spiro atoms. The van der Waals surface area contributed by atoms with Gasteiger partial charge in [-0.2, -0.15) is 0 Å². The van der Waals surface area contributed by atoms with Crippen molar-refractivity contribution in [3.05, 3.63) is 79.1 Å². The van der Waals surface area contributed by atoms with Crippen LogP contribution < -0.4 is 0 Å². The van der Waals surface area contributed by atoms with E-state index < -0.39 is 21.5 Å². The Kier molecular flexibility index (Phi) is 5.68. The van der Waals surface area contributed by atoms with Gasteiger partial charge in [0.25, 0.3) is 0 Å². The number of hydrogen-bond acceptors (Lipinski definition) is 0. The molecule has 0 aliphatic rings. The normalized spacial score (nSPS) is 11.2. The fourth-order valence-corrected chi connectivity index (χ4v) is 6.53. The molecule has 2 heteroatoms. The maximum atomic E-state index is 6.43. The zero-order valence-corrected chi connectivity index (χ0v) is 15.3. The van der Waals surface area contributed by atoms with Crippen LogP contribution in [0, 0.1) is 0 Å². The Bertz CT molecular complexity index is 468. The Morgan fingerprint density at radius 2 is 1.06 bits per heavy atom. The van der Waals surface area contributed by atoms with Crippen molar-refractivity contribution in [1.29, 1.82) is 0 Å². The molecular formula is C16H14ClTl. The topological polar surface area (TPSA) is 0 Å². The zero-order valence-electron chi connectivity index (χ0n) is 10.0. The Morgan fingerprint density at radius 1 is 0.667 bits per heavy atom. The second-order valence-electron chi connectivity index (χ2n) is 3.98. The Morgan fingerprint density at radius 3 is 1.44 bits per heavy atom. The van der Waals surface area contributed by atoms with Gasteiger partial charge >= 0.3 is 121 Å². The second-order valence-corrected chi connectivity index (χ2v) is 14.9. The number of hydrogen-bond donors (Lipinski definition) is 0. The summed E-state index contributed by atoms with van der Waals surface area (Å²) >= 11 is -2.23. The molecule has 0 fully saturated rings. The maximum absolute atomic E-state index is 6.43. The van der Waals surface area contributed by atoms with Gasteiger partial charge in [-0.25, -0.2) is 0 Å². The first-order valence-electron chi connectivity index (χ1n) is 5.95. The molecule has 0 saturated heterocycles. The molecule has 0 aromatic heterocycles. The van der Waals surface area contributed by atoms with Crippen LogP contribution in [0.15, 0.2) is 67.9 Å². The van der Waals surface area contributed by atoms with Gasteiger partial charge in [-0.1, -0.05) is 0 Å². The van der Waals surface area contributed by atoms with E-state index in [4.69, 9.17) is 8.32 Å². The molecule has 0 amide bonds. The quantitative estimate of drug-likeness (QED) is 0.597. The van der Waals surface area contributed by atoms with Crippen LogP contribution in [0.1, 0.15) is 11.1 Å². The summed E-state index contributed by atoms with van der Waals surface area (Å²) in [4.78, 5) is 0.